The number of carbonyl (C=O) groups is 2. The second-order valence-electron chi connectivity index (χ2n) is 7.51. The van der Waals surface area contributed by atoms with Crippen LogP contribution in [-0.4, -0.2) is 23.4 Å². The molecule has 1 aliphatic rings. The number of thiophene rings is 1. The zero-order valence-corrected chi connectivity index (χ0v) is 17.9. The molecule has 4 rings (SSSR count). The summed E-state index contributed by atoms with van der Waals surface area (Å²) in [5.74, 6) is 1.35. The second kappa shape index (κ2) is 9.66. The topological polar surface area (TPSA) is 84.7 Å². The van der Waals surface area contributed by atoms with Crippen LogP contribution < -0.4 is 15.8 Å². The maximum absolute atomic E-state index is 13.2. The summed E-state index contributed by atoms with van der Waals surface area (Å²) >= 11 is 1.67. The smallest absolute Gasteiger partial charge is 0.312 e. The number of nitrogens with zero attached hydrogens (tertiary/aromatic N) is 1. The number of hydrogen-bond acceptors (Lipinski definition) is 4. The first kappa shape index (κ1) is 20.9. The normalized spacial score (nSPS) is 16.6. The fourth-order valence-corrected chi connectivity index (χ4v) is 4.85. The molecule has 0 spiro atoms. The number of rotatable bonds is 7. The van der Waals surface area contributed by atoms with Crippen LogP contribution in [0.4, 0.5) is 4.79 Å². The van der Waals surface area contributed by atoms with E-state index in [2.05, 4.69) is 11.4 Å². The largest absolute Gasteiger partial charge is 0.457 e. The van der Waals surface area contributed by atoms with Gasteiger partial charge in [0.2, 0.25) is 5.91 Å². The van der Waals surface area contributed by atoms with E-state index in [-0.39, 0.29) is 18.4 Å². The maximum Gasteiger partial charge on any atom is 0.312 e. The monoisotopic (exact) mass is 435 g/mol. The molecule has 160 valence electrons. The Morgan fingerprint density at radius 1 is 1.10 bits per heavy atom. The van der Waals surface area contributed by atoms with Gasteiger partial charge < -0.3 is 20.7 Å². The van der Waals surface area contributed by atoms with Crippen LogP contribution in [0.2, 0.25) is 0 Å². The van der Waals surface area contributed by atoms with Crippen molar-refractivity contribution in [1.29, 1.82) is 0 Å². The molecule has 0 unspecified atom stereocenters. The highest BCUT2D eigenvalue weighted by molar-refractivity contribution is 7.10. The molecule has 3 aromatic rings. The molecule has 31 heavy (non-hydrogen) atoms. The van der Waals surface area contributed by atoms with Crippen LogP contribution in [0.5, 0.6) is 11.5 Å². The standard InChI is InChI=1S/C24H25N3O3S/c25-24(29)26-20(16-23(28)27-13-5-11-21(27)22-12-6-14-31-22)17-7-4-10-19(15-17)30-18-8-2-1-3-9-18/h1-4,6-10,12,14-15,20-21H,5,11,13,16H2,(H3,25,26,29)/t20-,21-/m0/s1. The van der Waals surface area contributed by atoms with Gasteiger partial charge in [0.05, 0.1) is 18.5 Å². The summed E-state index contributed by atoms with van der Waals surface area (Å²) in [6.07, 6.45) is 2.07. The van der Waals surface area contributed by atoms with Gasteiger partial charge in [0.15, 0.2) is 0 Å². The summed E-state index contributed by atoms with van der Waals surface area (Å²) in [7, 11) is 0. The first-order chi connectivity index (χ1) is 15.1. The molecule has 1 saturated heterocycles. The number of urea groups is 1. The van der Waals surface area contributed by atoms with Gasteiger partial charge >= 0.3 is 6.03 Å². The van der Waals surface area contributed by atoms with Crippen LogP contribution >= 0.6 is 11.3 Å². The molecule has 6 nitrogen and oxygen atoms in total. The Labute approximate surface area is 185 Å². The Balaban J connectivity index is 1.51. The van der Waals surface area contributed by atoms with Crippen molar-refractivity contribution >= 4 is 23.3 Å². The van der Waals surface area contributed by atoms with Crippen molar-refractivity contribution in [3.05, 3.63) is 82.6 Å². The van der Waals surface area contributed by atoms with Gasteiger partial charge in [-0.1, -0.05) is 36.4 Å². The molecule has 1 fully saturated rings. The molecular weight excluding hydrogens is 410 g/mol. The molecule has 2 atom stereocenters. The molecule has 3 amide bonds. The van der Waals surface area contributed by atoms with E-state index < -0.39 is 12.1 Å². The number of benzene rings is 2. The highest BCUT2D eigenvalue weighted by Gasteiger charge is 2.32. The van der Waals surface area contributed by atoms with Crippen molar-refractivity contribution in [3.63, 3.8) is 0 Å². The minimum atomic E-state index is -0.664. The molecule has 0 aliphatic carbocycles. The molecule has 0 bridgehead atoms. The van der Waals surface area contributed by atoms with E-state index in [0.717, 1.165) is 24.9 Å². The molecule has 0 radical (unpaired) electrons. The minimum absolute atomic E-state index is 0.00373. The van der Waals surface area contributed by atoms with Gasteiger partial charge in [0.1, 0.15) is 11.5 Å². The average molecular weight is 436 g/mol. The SMILES string of the molecule is NC(=O)N[C@@H](CC(=O)N1CCC[C@H]1c1cccs1)c1cccc(Oc2ccccc2)c1. The van der Waals surface area contributed by atoms with Crippen LogP contribution in [0.15, 0.2) is 72.1 Å². The Bertz CT molecular complexity index is 1020. The van der Waals surface area contributed by atoms with Gasteiger partial charge in [-0.25, -0.2) is 4.79 Å². The number of nitrogens with two attached hydrogens (primary N) is 1. The number of para-hydroxylation sites is 1. The summed E-state index contributed by atoms with van der Waals surface area (Å²) in [6, 6.07) is 19.8. The Hall–Kier alpha value is -3.32. The summed E-state index contributed by atoms with van der Waals surface area (Å²) in [5.41, 5.74) is 6.19. The van der Waals surface area contributed by atoms with Crippen molar-refractivity contribution < 1.29 is 14.3 Å². The number of likely N-dealkylation sites (tertiary alicyclic amines) is 1. The van der Waals surface area contributed by atoms with E-state index >= 15 is 0 Å². The van der Waals surface area contributed by atoms with Crippen LogP contribution in [0.25, 0.3) is 0 Å². The molecule has 2 aromatic carbocycles. The van der Waals surface area contributed by atoms with Crippen molar-refractivity contribution in [3.8, 4) is 11.5 Å². The van der Waals surface area contributed by atoms with Crippen molar-refractivity contribution in [2.75, 3.05) is 6.54 Å². The summed E-state index contributed by atoms with van der Waals surface area (Å²) < 4.78 is 5.91. The van der Waals surface area contributed by atoms with E-state index in [4.69, 9.17) is 10.5 Å². The van der Waals surface area contributed by atoms with Gasteiger partial charge in [-0.2, -0.15) is 0 Å². The number of hydrogen-bond donors (Lipinski definition) is 2. The third-order valence-electron chi connectivity index (χ3n) is 5.38. The molecule has 3 N–H and O–H groups in total. The molecule has 0 saturated carbocycles. The number of amides is 3. The fourth-order valence-electron chi connectivity index (χ4n) is 3.98. The number of carbonyl (C=O) groups excluding carboxylic acids is 2. The van der Waals surface area contributed by atoms with Crippen molar-refractivity contribution in [2.45, 2.75) is 31.3 Å². The average Bonchev–Trinajstić information content (AvgIpc) is 3.45. The second-order valence-corrected chi connectivity index (χ2v) is 8.49. The first-order valence-electron chi connectivity index (χ1n) is 10.3. The Morgan fingerprint density at radius 2 is 1.90 bits per heavy atom. The predicted octanol–water partition coefficient (Wildman–Crippen LogP) is 5.00. The van der Waals surface area contributed by atoms with Gasteiger partial charge in [-0.15, -0.1) is 11.3 Å². The van der Waals surface area contributed by atoms with Crippen LogP contribution in [-0.2, 0) is 4.79 Å². The van der Waals surface area contributed by atoms with Gasteiger partial charge in [0.25, 0.3) is 0 Å². The van der Waals surface area contributed by atoms with Crippen molar-refractivity contribution in [2.24, 2.45) is 5.73 Å². The maximum atomic E-state index is 13.2. The lowest BCUT2D eigenvalue weighted by Crippen LogP contribution is -2.38. The number of ether oxygens (including phenoxy) is 1. The molecule has 7 heteroatoms. The van der Waals surface area contributed by atoms with Gasteiger partial charge in [-0.05, 0) is 54.1 Å². The van der Waals surface area contributed by atoms with Gasteiger partial charge in [0, 0.05) is 11.4 Å². The Morgan fingerprint density at radius 3 is 2.65 bits per heavy atom. The number of nitrogens with one attached hydrogen (secondary N) is 1. The molecule has 2 heterocycles. The van der Waals surface area contributed by atoms with Crippen molar-refractivity contribution in [1.82, 2.24) is 10.2 Å². The third-order valence-corrected chi connectivity index (χ3v) is 6.35. The molecular formula is C24H25N3O3S. The van der Waals surface area contributed by atoms with E-state index in [9.17, 15) is 9.59 Å². The highest BCUT2D eigenvalue weighted by Crippen LogP contribution is 2.36. The fraction of sp³-hybridized carbons (Fsp3) is 0.250. The zero-order valence-electron chi connectivity index (χ0n) is 17.1. The lowest BCUT2D eigenvalue weighted by molar-refractivity contribution is -0.132. The van der Waals surface area contributed by atoms with E-state index in [1.54, 1.807) is 11.3 Å². The molecule has 1 aliphatic heterocycles. The summed E-state index contributed by atoms with van der Waals surface area (Å²) in [6.45, 7) is 0.724. The predicted molar refractivity (Wildman–Crippen MR) is 121 cm³/mol. The van der Waals surface area contributed by atoms with Gasteiger partial charge in [-0.3, -0.25) is 4.79 Å². The van der Waals surface area contributed by atoms with E-state index in [1.165, 1.54) is 4.88 Å². The minimum Gasteiger partial charge on any atom is -0.457 e. The van der Waals surface area contributed by atoms with E-state index in [0.29, 0.717) is 11.5 Å². The first-order valence-corrected chi connectivity index (χ1v) is 11.2. The zero-order chi connectivity index (χ0) is 21.6. The summed E-state index contributed by atoms with van der Waals surface area (Å²) in [5, 5.41) is 4.76. The van der Waals surface area contributed by atoms with Crippen LogP contribution in [0.1, 0.15) is 41.8 Å². The summed E-state index contributed by atoms with van der Waals surface area (Å²) in [4.78, 5) is 28.0. The highest BCUT2D eigenvalue weighted by atomic mass is 32.1. The lowest BCUT2D eigenvalue weighted by atomic mass is 10.0. The van der Waals surface area contributed by atoms with E-state index in [1.807, 2.05) is 70.9 Å². The van der Waals surface area contributed by atoms with Crippen LogP contribution in [0.3, 0.4) is 0 Å². The quantitative estimate of drug-likeness (QED) is 0.547. The molecule has 1 aromatic heterocycles. The third kappa shape index (κ3) is 5.24. The number of primary amides is 1. The van der Waals surface area contributed by atoms with Crippen LogP contribution in [0, 0.1) is 0 Å². The Kier molecular flexibility index (Phi) is 6.52. The lowest BCUT2D eigenvalue weighted by Gasteiger charge is -2.27.